The van der Waals surface area contributed by atoms with Crippen molar-refractivity contribution in [2.45, 2.75) is 38.3 Å². The molecular formula is C16H22N2O. The summed E-state index contributed by atoms with van der Waals surface area (Å²) in [5, 5.41) is 1.19. The number of benzene rings is 1. The maximum absolute atomic E-state index is 5.99. The van der Waals surface area contributed by atoms with Gasteiger partial charge in [-0.3, -0.25) is 4.90 Å². The maximum atomic E-state index is 5.99. The summed E-state index contributed by atoms with van der Waals surface area (Å²) >= 11 is 0. The van der Waals surface area contributed by atoms with E-state index in [1.807, 2.05) is 12.1 Å². The van der Waals surface area contributed by atoms with Crippen LogP contribution in [0.4, 0.5) is 0 Å². The SMILES string of the molecule is CC(c1cc2ccccc2o1)N1CCCCC1CN. The molecule has 1 aromatic carbocycles. The number of hydrogen-bond donors (Lipinski definition) is 1. The second-order valence-electron chi connectivity index (χ2n) is 5.49. The van der Waals surface area contributed by atoms with Crippen molar-refractivity contribution in [3.05, 3.63) is 36.1 Å². The number of likely N-dealkylation sites (tertiary alicyclic amines) is 1. The normalized spacial score (nSPS) is 22.7. The van der Waals surface area contributed by atoms with E-state index in [2.05, 4.69) is 30.0 Å². The molecule has 2 atom stereocenters. The fourth-order valence-electron chi connectivity index (χ4n) is 3.16. The third kappa shape index (κ3) is 2.40. The van der Waals surface area contributed by atoms with E-state index in [4.69, 9.17) is 10.2 Å². The highest BCUT2D eigenvalue weighted by atomic mass is 16.3. The Labute approximate surface area is 114 Å². The zero-order valence-electron chi connectivity index (χ0n) is 11.5. The lowest BCUT2D eigenvalue weighted by Crippen LogP contribution is -2.45. The van der Waals surface area contributed by atoms with Crippen molar-refractivity contribution in [2.75, 3.05) is 13.1 Å². The highest BCUT2D eigenvalue weighted by Crippen LogP contribution is 2.31. The van der Waals surface area contributed by atoms with Gasteiger partial charge in [0.2, 0.25) is 0 Å². The van der Waals surface area contributed by atoms with E-state index in [9.17, 15) is 0 Å². The van der Waals surface area contributed by atoms with E-state index in [-0.39, 0.29) is 0 Å². The minimum Gasteiger partial charge on any atom is -0.459 e. The number of para-hydroxylation sites is 1. The molecule has 2 heterocycles. The predicted molar refractivity (Wildman–Crippen MR) is 78.0 cm³/mol. The summed E-state index contributed by atoms with van der Waals surface area (Å²) in [5.74, 6) is 1.06. The summed E-state index contributed by atoms with van der Waals surface area (Å²) in [6, 6.07) is 11.2. The molecule has 0 amide bonds. The number of nitrogens with two attached hydrogens (primary N) is 1. The Kier molecular flexibility index (Phi) is 3.58. The molecule has 2 N–H and O–H groups in total. The van der Waals surface area contributed by atoms with Crippen LogP contribution in [-0.4, -0.2) is 24.0 Å². The van der Waals surface area contributed by atoms with Gasteiger partial charge in [0.25, 0.3) is 0 Å². The number of furan rings is 1. The molecule has 0 bridgehead atoms. The molecule has 3 rings (SSSR count). The molecule has 1 aromatic heterocycles. The molecule has 0 aliphatic carbocycles. The molecular weight excluding hydrogens is 236 g/mol. The van der Waals surface area contributed by atoms with E-state index >= 15 is 0 Å². The van der Waals surface area contributed by atoms with Crippen LogP contribution in [-0.2, 0) is 0 Å². The van der Waals surface area contributed by atoms with Gasteiger partial charge in [-0.05, 0) is 38.4 Å². The topological polar surface area (TPSA) is 42.4 Å². The Morgan fingerprint density at radius 3 is 3.00 bits per heavy atom. The Bertz CT molecular complexity index is 515. The van der Waals surface area contributed by atoms with Crippen LogP contribution in [0.2, 0.25) is 0 Å². The summed E-state index contributed by atoms with van der Waals surface area (Å²) in [4.78, 5) is 2.50. The molecule has 3 nitrogen and oxygen atoms in total. The maximum Gasteiger partial charge on any atom is 0.134 e. The van der Waals surface area contributed by atoms with E-state index in [1.165, 1.54) is 24.6 Å². The van der Waals surface area contributed by atoms with Gasteiger partial charge >= 0.3 is 0 Å². The van der Waals surface area contributed by atoms with Crippen molar-refractivity contribution in [3.63, 3.8) is 0 Å². The van der Waals surface area contributed by atoms with E-state index in [1.54, 1.807) is 0 Å². The second-order valence-corrected chi connectivity index (χ2v) is 5.49. The van der Waals surface area contributed by atoms with Crippen molar-refractivity contribution < 1.29 is 4.42 Å². The van der Waals surface area contributed by atoms with Crippen molar-refractivity contribution in [1.29, 1.82) is 0 Å². The first-order valence-corrected chi connectivity index (χ1v) is 7.24. The van der Waals surface area contributed by atoms with Gasteiger partial charge < -0.3 is 10.2 Å². The monoisotopic (exact) mass is 258 g/mol. The van der Waals surface area contributed by atoms with Crippen LogP contribution in [0.5, 0.6) is 0 Å². The molecule has 102 valence electrons. The quantitative estimate of drug-likeness (QED) is 0.918. The molecule has 1 aliphatic heterocycles. The Morgan fingerprint density at radius 1 is 1.37 bits per heavy atom. The summed E-state index contributed by atoms with van der Waals surface area (Å²) in [6.07, 6.45) is 3.77. The number of fused-ring (bicyclic) bond motifs is 1. The zero-order chi connectivity index (χ0) is 13.2. The first kappa shape index (κ1) is 12.7. The smallest absolute Gasteiger partial charge is 0.134 e. The molecule has 19 heavy (non-hydrogen) atoms. The average molecular weight is 258 g/mol. The van der Waals surface area contributed by atoms with Crippen LogP contribution in [0, 0.1) is 0 Å². The molecule has 0 saturated carbocycles. The van der Waals surface area contributed by atoms with Crippen LogP contribution >= 0.6 is 0 Å². The number of nitrogens with zero attached hydrogens (tertiary/aromatic N) is 1. The van der Waals surface area contributed by atoms with Gasteiger partial charge in [0.15, 0.2) is 0 Å². The Balaban J connectivity index is 1.87. The van der Waals surface area contributed by atoms with Crippen LogP contribution in [0.25, 0.3) is 11.0 Å². The van der Waals surface area contributed by atoms with Crippen molar-refractivity contribution in [3.8, 4) is 0 Å². The summed E-state index contributed by atoms with van der Waals surface area (Å²) < 4.78 is 5.99. The van der Waals surface area contributed by atoms with E-state index < -0.39 is 0 Å². The van der Waals surface area contributed by atoms with Gasteiger partial charge in [-0.25, -0.2) is 0 Å². The lowest BCUT2D eigenvalue weighted by atomic mass is 9.99. The van der Waals surface area contributed by atoms with Crippen molar-refractivity contribution in [1.82, 2.24) is 4.90 Å². The number of piperidine rings is 1. The molecule has 1 saturated heterocycles. The molecule has 1 aliphatic rings. The Hall–Kier alpha value is -1.32. The summed E-state index contributed by atoms with van der Waals surface area (Å²) in [7, 11) is 0. The minimum absolute atomic E-state index is 0.307. The van der Waals surface area contributed by atoms with Gasteiger partial charge in [-0.1, -0.05) is 24.6 Å². The van der Waals surface area contributed by atoms with E-state index in [0.29, 0.717) is 12.1 Å². The standard InChI is InChI=1S/C16H22N2O/c1-12(18-9-5-4-7-14(18)11-17)16-10-13-6-2-3-8-15(13)19-16/h2-3,6,8,10,12,14H,4-5,7,9,11,17H2,1H3. The molecule has 1 fully saturated rings. The minimum atomic E-state index is 0.307. The largest absolute Gasteiger partial charge is 0.459 e. The molecule has 0 radical (unpaired) electrons. The van der Waals surface area contributed by atoms with E-state index in [0.717, 1.165) is 24.4 Å². The molecule has 3 heteroatoms. The lowest BCUT2D eigenvalue weighted by Gasteiger charge is -2.38. The van der Waals surface area contributed by atoms with Crippen LogP contribution in [0.15, 0.2) is 34.7 Å². The fourth-order valence-corrected chi connectivity index (χ4v) is 3.16. The van der Waals surface area contributed by atoms with Crippen LogP contribution < -0.4 is 5.73 Å². The van der Waals surface area contributed by atoms with Gasteiger partial charge in [-0.2, -0.15) is 0 Å². The van der Waals surface area contributed by atoms with Crippen molar-refractivity contribution in [2.24, 2.45) is 5.73 Å². The molecule has 0 spiro atoms. The highest BCUT2D eigenvalue weighted by molar-refractivity contribution is 5.77. The van der Waals surface area contributed by atoms with Crippen LogP contribution in [0.3, 0.4) is 0 Å². The molecule has 2 unspecified atom stereocenters. The van der Waals surface area contributed by atoms with Crippen LogP contribution in [0.1, 0.15) is 38.0 Å². The zero-order valence-corrected chi connectivity index (χ0v) is 11.5. The lowest BCUT2D eigenvalue weighted by molar-refractivity contribution is 0.0967. The predicted octanol–water partition coefficient (Wildman–Crippen LogP) is 3.31. The average Bonchev–Trinajstić information content (AvgIpc) is 2.90. The third-order valence-electron chi connectivity index (χ3n) is 4.30. The fraction of sp³-hybridized carbons (Fsp3) is 0.500. The number of hydrogen-bond acceptors (Lipinski definition) is 3. The van der Waals surface area contributed by atoms with Gasteiger partial charge in [-0.15, -0.1) is 0 Å². The third-order valence-corrected chi connectivity index (χ3v) is 4.30. The van der Waals surface area contributed by atoms with Crippen molar-refractivity contribution >= 4 is 11.0 Å². The van der Waals surface area contributed by atoms with Gasteiger partial charge in [0.05, 0.1) is 6.04 Å². The highest BCUT2D eigenvalue weighted by Gasteiger charge is 2.28. The summed E-state index contributed by atoms with van der Waals surface area (Å²) in [6.45, 7) is 4.09. The molecule has 2 aromatic rings. The summed E-state index contributed by atoms with van der Waals surface area (Å²) in [5.41, 5.74) is 6.89. The van der Waals surface area contributed by atoms with Gasteiger partial charge in [0, 0.05) is 18.0 Å². The van der Waals surface area contributed by atoms with Gasteiger partial charge in [0.1, 0.15) is 11.3 Å². The first-order chi connectivity index (χ1) is 9.29. The second kappa shape index (κ2) is 5.35. The Morgan fingerprint density at radius 2 is 2.21 bits per heavy atom. The first-order valence-electron chi connectivity index (χ1n) is 7.24. The number of rotatable bonds is 3.